The van der Waals surface area contributed by atoms with Crippen molar-refractivity contribution in [1.82, 2.24) is 9.88 Å². The number of ether oxygens (including phenoxy) is 1. The first kappa shape index (κ1) is 20.2. The molecule has 144 valence electrons. The lowest BCUT2D eigenvalue weighted by Crippen LogP contribution is -2.45. The monoisotopic (exact) mass is 382 g/mol. The highest BCUT2D eigenvalue weighted by Gasteiger charge is 2.31. The van der Waals surface area contributed by atoms with Crippen LogP contribution < -0.4 is 10.9 Å². The van der Waals surface area contributed by atoms with Gasteiger partial charge in [-0.2, -0.15) is 13.2 Å². The number of esters is 1. The van der Waals surface area contributed by atoms with Gasteiger partial charge in [-0.25, -0.2) is 4.79 Å². The summed E-state index contributed by atoms with van der Waals surface area (Å²) in [5.74, 6) is -1.49. The van der Waals surface area contributed by atoms with Crippen LogP contribution in [-0.4, -0.2) is 29.6 Å². The van der Waals surface area contributed by atoms with Crippen LogP contribution in [0.1, 0.15) is 11.1 Å². The predicted octanol–water partition coefficient (Wildman–Crippen LogP) is 1.77. The Kier molecular flexibility index (Phi) is 6.38. The largest absolute Gasteiger partial charge is 0.467 e. The Hall–Kier alpha value is -3.10. The number of hydrogen-bond acceptors (Lipinski definition) is 4. The van der Waals surface area contributed by atoms with Crippen molar-refractivity contribution in [1.29, 1.82) is 0 Å². The fraction of sp³-hybridized carbons (Fsp3) is 0.278. The average molecular weight is 382 g/mol. The number of carbonyl (C=O) groups excluding carboxylic acids is 2. The zero-order valence-corrected chi connectivity index (χ0v) is 14.3. The van der Waals surface area contributed by atoms with Crippen LogP contribution in [0.2, 0.25) is 0 Å². The number of hydrogen-bond donors (Lipinski definition) is 1. The van der Waals surface area contributed by atoms with E-state index in [1.807, 2.05) is 0 Å². The number of nitrogens with one attached hydrogen (secondary N) is 1. The molecule has 0 bridgehead atoms. The number of methoxy groups -OCH3 is 1. The summed E-state index contributed by atoms with van der Waals surface area (Å²) in [5.41, 5.74) is -1.07. The fourth-order valence-electron chi connectivity index (χ4n) is 2.40. The van der Waals surface area contributed by atoms with Crippen LogP contribution >= 0.6 is 0 Å². The molecule has 1 atom stereocenters. The van der Waals surface area contributed by atoms with E-state index in [9.17, 15) is 27.6 Å². The molecule has 0 aliphatic heterocycles. The minimum absolute atomic E-state index is 0.136. The molecule has 9 heteroatoms. The lowest BCUT2D eigenvalue weighted by Gasteiger charge is -2.17. The molecule has 0 saturated heterocycles. The van der Waals surface area contributed by atoms with Crippen LogP contribution in [0.3, 0.4) is 0 Å². The summed E-state index contributed by atoms with van der Waals surface area (Å²) in [6, 6.07) is 9.14. The normalized spacial score (nSPS) is 12.3. The van der Waals surface area contributed by atoms with E-state index >= 15 is 0 Å². The van der Waals surface area contributed by atoms with Crippen molar-refractivity contribution in [3.8, 4) is 0 Å². The predicted molar refractivity (Wildman–Crippen MR) is 89.8 cm³/mol. The molecule has 0 saturated carbocycles. The van der Waals surface area contributed by atoms with Crippen molar-refractivity contribution < 1.29 is 27.5 Å². The molecule has 1 N–H and O–H groups in total. The Morgan fingerprint density at radius 3 is 2.41 bits per heavy atom. The Morgan fingerprint density at radius 2 is 1.81 bits per heavy atom. The summed E-state index contributed by atoms with van der Waals surface area (Å²) in [4.78, 5) is 35.8. The maximum Gasteiger partial charge on any atom is 0.417 e. The molecule has 0 spiro atoms. The smallest absolute Gasteiger partial charge is 0.417 e. The number of halogens is 3. The van der Waals surface area contributed by atoms with Gasteiger partial charge in [0.15, 0.2) is 0 Å². The second-order valence-electron chi connectivity index (χ2n) is 5.71. The molecule has 0 aliphatic rings. The Bertz CT molecular complexity index is 863. The fourth-order valence-corrected chi connectivity index (χ4v) is 2.40. The quantitative estimate of drug-likeness (QED) is 0.773. The minimum Gasteiger partial charge on any atom is -0.467 e. The van der Waals surface area contributed by atoms with E-state index < -0.39 is 41.8 Å². The maximum atomic E-state index is 12.8. The number of rotatable bonds is 6. The van der Waals surface area contributed by atoms with Gasteiger partial charge in [-0.15, -0.1) is 0 Å². The van der Waals surface area contributed by atoms with Gasteiger partial charge >= 0.3 is 12.1 Å². The third-order valence-corrected chi connectivity index (χ3v) is 3.73. The SMILES string of the molecule is COC(=O)[C@H](Cc1ccccc1)NC(=O)Cn1cc(C(F)(F)F)ccc1=O. The lowest BCUT2D eigenvalue weighted by molar-refractivity contribution is -0.145. The number of carbonyl (C=O) groups is 2. The number of pyridine rings is 1. The van der Waals surface area contributed by atoms with Crippen molar-refractivity contribution in [2.75, 3.05) is 7.11 Å². The standard InChI is InChI=1S/C18H17F3N2O4/c1-27-17(26)14(9-12-5-3-2-4-6-12)22-15(24)11-23-10-13(18(19,20)21)7-8-16(23)25/h2-8,10,14H,9,11H2,1H3,(H,22,24)/t14-/m0/s1. The first-order valence-corrected chi connectivity index (χ1v) is 7.89. The Labute approximate surface area is 152 Å². The van der Waals surface area contributed by atoms with Gasteiger partial charge in [0.2, 0.25) is 5.91 Å². The summed E-state index contributed by atoms with van der Waals surface area (Å²) >= 11 is 0. The van der Waals surface area contributed by atoms with Crippen LogP contribution in [0.5, 0.6) is 0 Å². The van der Waals surface area contributed by atoms with E-state index in [4.69, 9.17) is 0 Å². The molecule has 1 heterocycles. The van der Waals surface area contributed by atoms with E-state index in [0.717, 1.165) is 18.7 Å². The zero-order chi connectivity index (χ0) is 20.0. The molecule has 0 fully saturated rings. The molecular formula is C18H17F3N2O4. The molecule has 0 aliphatic carbocycles. The highest BCUT2D eigenvalue weighted by Crippen LogP contribution is 2.27. The molecule has 6 nitrogen and oxygen atoms in total. The third-order valence-electron chi connectivity index (χ3n) is 3.73. The van der Waals surface area contributed by atoms with Gasteiger partial charge in [0, 0.05) is 18.7 Å². The molecule has 27 heavy (non-hydrogen) atoms. The van der Waals surface area contributed by atoms with E-state index in [0.29, 0.717) is 16.8 Å². The Morgan fingerprint density at radius 1 is 1.15 bits per heavy atom. The third kappa shape index (κ3) is 5.70. The zero-order valence-electron chi connectivity index (χ0n) is 14.3. The van der Waals surface area contributed by atoms with Crippen LogP contribution in [0.15, 0.2) is 53.5 Å². The van der Waals surface area contributed by atoms with Crippen LogP contribution in [0.4, 0.5) is 13.2 Å². The highest BCUT2D eigenvalue weighted by atomic mass is 19.4. The second kappa shape index (κ2) is 8.52. The van der Waals surface area contributed by atoms with Crippen molar-refractivity contribution >= 4 is 11.9 Å². The van der Waals surface area contributed by atoms with Crippen LogP contribution in [0.25, 0.3) is 0 Å². The molecule has 1 aromatic heterocycles. The van der Waals surface area contributed by atoms with Crippen molar-refractivity contribution in [3.63, 3.8) is 0 Å². The first-order valence-electron chi connectivity index (χ1n) is 7.89. The molecule has 1 amide bonds. The summed E-state index contributed by atoms with van der Waals surface area (Å²) < 4.78 is 43.6. The Balaban J connectivity index is 2.14. The van der Waals surface area contributed by atoms with E-state index in [1.54, 1.807) is 30.3 Å². The van der Waals surface area contributed by atoms with Crippen molar-refractivity contribution in [2.45, 2.75) is 25.2 Å². The second-order valence-corrected chi connectivity index (χ2v) is 5.71. The van der Waals surface area contributed by atoms with Crippen LogP contribution in [0, 0.1) is 0 Å². The van der Waals surface area contributed by atoms with E-state index in [2.05, 4.69) is 10.1 Å². The van der Waals surface area contributed by atoms with Gasteiger partial charge in [-0.1, -0.05) is 30.3 Å². The van der Waals surface area contributed by atoms with Gasteiger partial charge in [0.05, 0.1) is 12.7 Å². The lowest BCUT2D eigenvalue weighted by atomic mass is 10.1. The number of aromatic nitrogens is 1. The first-order chi connectivity index (χ1) is 12.7. The van der Waals surface area contributed by atoms with Gasteiger partial charge in [-0.3, -0.25) is 9.59 Å². The highest BCUT2D eigenvalue weighted by molar-refractivity contribution is 5.84. The molecule has 2 aromatic rings. The summed E-state index contributed by atoms with van der Waals surface area (Å²) in [5, 5.41) is 2.40. The number of alkyl halides is 3. The van der Waals surface area contributed by atoms with Gasteiger partial charge in [-0.05, 0) is 11.6 Å². The number of benzene rings is 1. The average Bonchev–Trinajstić information content (AvgIpc) is 2.62. The molecule has 0 radical (unpaired) electrons. The molecule has 1 aromatic carbocycles. The van der Waals surface area contributed by atoms with Gasteiger partial charge < -0.3 is 14.6 Å². The van der Waals surface area contributed by atoms with Crippen molar-refractivity contribution in [3.05, 3.63) is 70.1 Å². The summed E-state index contributed by atoms with van der Waals surface area (Å²) in [6.45, 7) is -0.662. The van der Waals surface area contributed by atoms with E-state index in [-0.39, 0.29) is 6.42 Å². The van der Waals surface area contributed by atoms with Crippen molar-refractivity contribution in [2.24, 2.45) is 0 Å². The summed E-state index contributed by atoms with van der Waals surface area (Å²) in [7, 11) is 1.16. The summed E-state index contributed by atoms with van der Waals surface area (Å²) in [6.07, 6.45) is -3.95. The van der Waals surface area contributed by atoms with Crippen LogP contribution in [-0.2, 0) is 33.5 Å². The maximum absolute atomic E-state index is 12.8. The minimum atomic E-state index is -4.65. The molecular weight excluding hydrogens is 365 g/mol. The van der Waals surface area contributed by atoms with Gasteiger partial charge in [0.1, 0.15) is 12.6 Å². The number of nitrogens with zero attached hydrogens (tertiary/aromatic N) is 1. The van der Waals surface area contributed by atoms with Gasteiger partial charge in [0.25, 0.3) is 5.56 Å². The molecule has 0 unspecified atom stereocenters. The topological polar surface area (TPSA) is 77.4 Å². The molecule has 2 rings (SSSR count). The van der Waals surface area contributed by atoms with E-state index in [1.165, 1.54) is 0 Å². The number of amides is 1.